The molecular formula is C16H26N2. The molecule has 1 aromatic rings. The monoisotopic (exact) mass is 246 g/mol. The van der Waals surface area contributed by atoms with Crippen LogP contribution in [-0.2, 0) is 12.8 Å². The lowest BCUT2D eigenvalue weighted by Crippen LogP contribution is -2.41. The molecular weight excluding hydrogens is 220 g/mol. The van der Waals surface area contributed by atoms with E-state index in [4.69, 9.17) is 0 Å². The van der Waals surface area contributed by atoms with Gasteiger partial charge in [0.2, 0.25) is 0 Å². The first-order valence-electron chi connectivity index (χ1n) is 7.12. The van der Waals surface area contributed by atoms with E-state index in [1.807, 2.05) is 0 Å². The lowest BCUT2D eigenvalue weighted by Gasteiger charge is -2.29. The predicted molar refractivity (Wildman–Crippen MR) is 78.0 cm³/mol. The van der Waals surface area contributed by atoms with Crippen LogP contribution in [0.2, 0.25) is 0 Å². The fourth-order valence-electron chi connectivity index (χ4n) is 2.78. The molecule has 1 aliphatic carbocycles. The lowest BCUT2D eigenvalue weighted by molar-refractivity contribution is 0.338. The van der Waals surface area contributed by atoms with E-state index in [9.17, 15) is 0 Å². The molecule has 0 bridgehead atoms. The van der Waals surface area contributed by atoms with Crippen molar-refractivity contribution >= 4 is 0 Å². The highest BCUT2D eigenvalue weighted by Gasteiger charge is 2.19. The first kappa shape index (κ1) is 13.6. The molecule has 0 aliphatic heterocycles. The molecule has 0 heterocycles. The van der Waals surface area contributed by atoms with E-state index in [2.05, 4.69) is 55.5 Å². The van der Waals surface area contributed by atoms with Gasteiger partial charge in [0.15, 0.2) is 0 Å². The third kappa shape index (κ3) is 3.82. The Morgan fingerprint density at radius 2 is 2.00 bits per heavy atom. The van der Waals surface area contributed by atoms with Crippen LogP contribution in [-0.4, -0.2) is 37.6 Å². The van der Waals surface area contributed by atoms with E-state index in [1.54, 1.807) is 11.1 Å². The fourth-order valence-corrected chi connectivity index (χ4v) is 2.78. The van der Waals surface area contributed by atoms with Gasteiger partial charge >= 0.3 is 0 Å². The van der Waals surface area contributed by atoms with Gasteiger partial charge in [0.05, 0.1) is 0 Å². The Morgan fingerprint density at radius 3 is 2.72 bits per heavy atom. The van der Waals surface area contributed by atoms with Crippen molar-refractivity contribution in [2.75, 3.05) is 20.6 Å². The van der Waals surface area contributed by atoms with Crippen molar-refractivity contribution in [3.05, 3.63) is 35.4 Å². The maximum absolute atomic E-state index is 3.79. The van der Waals surface area contributed by atoms with Crippen molar-refractivity contribution in [3.8, 4) is 0 Å². The Labute approximate surface area is 111 Å². The summed E-state index contributed by atoms with van der Waals surface area (Å²) in [5.41, 5.74) is 3.09. The van der Waals surface area contributed by atoms with Crippen LogP contribution in [0.15, 0.2) is 24.3 Å². The van der Waals surface area contributed by atoms with Crippen LogP contribution in [0.1, 0.15) is 30.9 Å². The summed E-state index contributed by atoms with van der Waals surface area (Å²) >= 11 is 0. The van der Waals surface area contributed by atoms with Crippen molar-refractivity contribution in [3.63, 3.8) is 0 Å². The molecule has 0 aromatic heterocycles. The zero-order valence-corrected chi connectivity index (χ0v) is 11.9. The van der Waals surface area contributed by atoms with Gasteiger partial charge in [-0.15, -0.1) is 0 Å². The van der Waals surface area contributed by atoms with Gasteiger partial charge in [-0.3, -0.25) is 0 Å². The third-order valence-corrected chi connectivity index (χ3v) is 3.88. The minimum Gasteiger partial charge on any atom is -0.311 e. The van der Waals surface area contributed by atoms with E-state index < -0.39 is 0 Å². The zero-order chi connectivity index (χ0) is 13.0. The molecule has 18 heavy (non-hydrogen) atoms. The van der Waals surface area contributed by atoms with Gasteiger partial charge in [-0.25, -0.2) is 0 Å². The topological polar surface area (TPSA) is 15.3 Å². The SMILES string of the molecule is CC(CCN(C)C)NC1CCc2ccccc2C1. The van der Waals surface area contributed by atoms with Crippen molar-refractivity contribution in [1.29, 1.82) is 0 Å². The second kappa shape index (κ2) is 6.35. The molecule has 0 fully saturated rings. The Kier molecular flexibility index (Phi) is 4.79. The van der Waals surface area contributed by atoms with E-state index >= 15 is 0 Å². The van der Waals surface area contributed by atoms with Crippen LogP contribution >= 0.6 is 0 Å². The van der Waals surface area contributed by atoms with Crippen LogP contribution in [0, 0.1) is 0 Å². The number of hydrogen-bond donors (Lipinski definition) is 1. The van der Waals surface area contributed by atoms with Gasteiger partial charge in [-0.2, -0.15) is 0 Å². The van der Waals surface area contributed by atoms with Gasteiger partial charge in [-0.1, -0.05) is 24.3 Å². The summed E-state index contributed by atoms with van der Waals surface area (Å²) in [6.07, 6.45) is 4.94. The molecule has 1 aromatic carbocycles. The number of benzene rings is 1. The Morgan fingerprint density at radius 1 is 1.28 bits per heavy atom. The van der Waals surface area contributed by atoms with E-state index in [1.165, 1.54) is 25.7 Å². The lowest BCUT2D eigenvalue weighted by atomic mass is 9.88. The van der Waals surface area contributed by atoms with Gasteiger partial charge in [0, 0.05) is 12.1 Å². The molecule has 1 N–H and O–H groups in total. The second-order valence-electron chi connectivity index (χ2n) is 5.87. The van der Waals surface area contributed by atoms with Crippen LogP contribution in [0.25, 0.3) is 0 Å². The third-order valence-electron chi connectivity index (χ3n) is 3.88. The van der Waals surface area contributed by atoms with E-state index in [0.717, 1.165) is 6.54 Å². The molecule has 2 atom stereocenters. The van der Waals surface area contributed by atoms with Gasteiger partial charge in [0.25, 0.3) is 0 Å². The molecule has 2 nitrogen and oxygen atoms in total. The summed E-state index contributed by atoms with van der Waals surface area (Å²) < 4.78 is 0. The average Bonchev–Trinajstić information content (AvgIpc) is 2.36. The molecule has 2 rings (SSSR count). The number of nitrogens with zero attached hydrogens (tertiary/aromatic N) is 1. The number of nitrogens with one attached hydrogen (secondary N) is 1. The van der Waals surface area contributed by atoms with Gasteiger partial charge in [-0.05, 0) is 64.4 Å². The first-order chi connectivity index (χ1) is 8.65. The number of fused-ring (bicyclic) bond motifs is 1. The summed E-state index contributed by atoms with van der Waals surface area (Å²) in [4.78, 5) is 2.26. The highest BCUT2D eigenvalue weighted by molar-refractivity contribution is 5.30. The predicted octanol–water partition coefficient (Wildman–Crippen LogP) is 2.47. The number of hydrogen-bond acceptors (Lipinski definition) is 2. The molecule has 1 aliphatic rings. The largest absolute Gasteiger partial charge is 0.311 e. The Hall–Kier alpha value is -0.860. The van der Waals surface area contributed by atoms with Crippen molar-refractivity contribution < 1.29 is 0 Å². The highest BCUT2D eigenvalue weighted by atomic mass is 15.1. The molecule has 2 heteroatoms. The smallest absolute Gasteiger partial charge is 0.0113 e. The highest BCUT2D eigenvalue weighted by Crippen LogP contribution is 2.21. The minimum absolute atomic E-state index is 0.614. The minimum atomic E-state index is 0.614. The molecule has 0 spiro atoms. The zero-order valence-electron chi connectivity index (χ0n) is 11.9. The summed E-state index contributed by atoms with van der Waals surface area (Å²) in [5, 5.41) is 3.79. The molecule has 100 valence electrons. The van der Waals surface area contributed by atoms with Crippen molar-refractivity contribution in [2.24, 2.45) is 0 Å². The Bertz CT molecular complexity index is 373. The maximum atomic E-state index is 3.79. The molecule has 2 unspecified atom stereocenters. The summed E-state index contributed by atoms with van der Waals surface area (Å²) in [7, 11) is 4.28. The van der Waals surface area contributed by atoms with Gasteiger partial charge < -0.3 is 10.2 Å². The van der Waals surface area contributed by atoms with Crippen LogP contribution < -0.4 is 5.32 Å². The number of rotatable bonds is 5. The van der Waals surface area contributed by atoms with Crippen molar-refractivity contribution in [1.82, 2.24) is 10.2 Å². The van der Waals surface area contributed by atoms with Crippen molar-refractivity contribution in [2.45, 2.75) is 44.7 Å². The van der Waals surface area contributed by atoms with E-state index in [0.29, 0.717) is 12.1 Å². The first-order valence-corrected chi connectivity index (χ1v) is 7.12. The fraction of sp³-hybridized carbons (Fsp3) is 0.625. The van der Waals surface area contributed by atoms with Crippen LogP contribution in [0.3, 0.4) is 0 Å². The normalized spacial score (nSPS) is 20.8. The molecule has 0 radical (unpaired) electrons. The maximum Gasteiger partial charge on any atom is 0.0113 e. The second-order valence-corrected chi connectivity index (χ2v) is 5.87. The summed E-state index contributed by atoms with van der Waals surface area (Å²) in [6.45, 7) is 3.47. The number of aryl methyl sites for hydroxylation is 1. The molecule has 0 saturated heterocycles. The summed E-state index contributed by atoms with van der Waals surface area (Å²) in [5.74, 6) is 0. The van der Waals surface area contributed by atoms with E-state index in [-0.39, 0.29) is 0 Å². The Balaban J connectivity index is 1.82. The quantitative estimate of drug-likeness (QED) is 0.858. The van der Waals surface area contributed by atoms with Crippen LogP contribution in [0.4, 0.5) is 0 Å². The molecule has 0 saturated carbocycles. The van der Waals surface area contributed by atoms with Crippen LogP contribution in [0.5, 0.6) is 0 Å². The standard InChI is InChI=1S/C16H26N2/c1-13(10-11-18(2)3)17-16-9-8-14-6-4-5-7-15(14)12-16/h4-7,13,16-17H,8-12H2,1-3H3. The molecule has 0 amide bonds. The summed E-state index contributed by atoms with van der Waals surface area (Å²) in [6, 6.07) is 10.2. The van der Waals surface area contributed by atoms with Gasteiger partial charge in [0.1, 0.15) is 0 Å². The average molecular weight is 246 g/mol.